The van der Waals surface area contributed by atoms with E-state index in [0.717, 1.165) is 4.47 Å². The Balaban J connectivity index is 2.12. The highest BCUT2D eigenvalue weighted by atomic mass is 79.9. The van der Waals surface area contributed by atoms with E-state index in [1.165, 1.54) is 11.1 Å². The summed E-state index contributed by atoms with van der Waals surface area (Å²) in [5, 5.41) is 0.627. The number of rotatable bonds is 3. The molecule has 0 bridgehead atoms. The molecule has 0 saturated heterocycles. The van der Waals surface area contributed by atoms with Gasteiger partial charge in [0.2, 0.25) is 0 Å². The van der Waals surface area contributed by atoms with Gasteiger partial charge in [-0.1, -0.05) is 51.8 Å². The Morgan fingerprint density at radius 3 is 2.71 bits per heavy atom. The van der Waals surface area contributed by atoms with Crippen molar-refractivity contribution in [3.05, 3.63) is 63.1 Å². The third-order valence-electron chi connectivity index (χ3n) is 2.54. The van der Waals surface area contributed by atoms with E-state index in [9.17, 15) is 0 Å². The molecule has 2 rings (SSSR count). The second-order valence-corrected chi connectivity index (χ2v) is 5.11. The molecular formula is C14H12BrClO. The molecule has 1 nitrogen and oxygen atoms in total. The van der Waals surface area contributed by atoms with Crippen molar-refractivity contribution in [1.29, 1.82) is 0 Å². The standard InChI is InChI=1S/C14H12BrClO/c1-10-4-2-3-5-11(10)9-17-14-8-12(15)6-7-13(14)16/h2-8H,9H2,1H3. The zero-order valence-electron chi connectivity index (χ0n) is 9.41. The van der Waals surface area contributed by atoms with Crippen molar-refractivity contribution in [1.82, 2.24) is 0 Å². The maximum atomic E-state index is 6.06. The number of aryl methyl sites for hydroxylation is 1. The Kier molecular flexibility index (Phi) is 4.08. The average Bonchev–Trinajstić information content (AvgIpc) is 2.32. The van der Waals surface area contributed by atoms with Crippen molar-refractivity contribution in [2.75, 3.05) is 0 Å². The van der Waals surface area contributed by atoms with E-state index in [1.54, 1.807) is 0 Å². The van der Waals surface area contributed by atoms with Gasteiger partial charge in [-0.15, -0.1) is 0 Å². The first kappa shape index (κ1) is 12.5. The Morgan fingerprint density at radius 1 is 1.18 bits per heavy atom. The van der Waals surface area contributed by atoms with Gasteiger partial charge >= 0.3 is 0 Å². The van der Waals surface area contributed by atoms with Crippen molar-refractivity contribution in [2.24, 2.45) is 0 Å². The molecule has 0 unspecified atom stereocenters. The molecule has 88 valence electrons. The maximum absolute atomic E-state index is 6.06. The fraction of sp³-hybridized carbons (Fsp3) is 0.143. The van der Waals surface area contributed by atoms with Crippen LogP contribution in [0.1, 0.15) is 11.1 Å². The molecule has 0 radical (unpaired) electrons. The second kappa shape index (κ2) is 5.56. The van der Waals surface area contributed by atoms with Crippen molar-refractivity contribution < 1.29 is 4.74 Å². The predicted octanol–water partition coefficient (Wildman–Crippen LogP) is 4.99. The lowest BCUT2D eigenvalue weighted by Crippen LogP contribution is -1.98. The summed E-state index contributed by atoms with van der Waals surface area (Å²) in [5.74, 6) is 0.698. The molecule has 0 aliphatic heterocycles. The van der Waals surface area contributed by atoms with E-state index in [4.69, 9.17) is 16.3 Å². The number of halogens is 2. The Labute approximate surface area is 115 Å². The molecule has 0 heterocycles. The van der Waals surface area contributed by atoms with E-state index in [0.29, 0.717) is 17.4 Å². The fourth-order valence-corrected chi connectivity index (χ4v) is 2.03. The highest BCUT2D eigenvalue weighted by Gasteiger charge is 2.03. The second-order valence-electron chi connectivity index (χ2n) is 3.79. The number of hydrogen-bond donors (Lipinski definition) is 0. The Bertz CT molecular complexity index is 525. The molecule has 17 heavy (non-hydrogen) atoms. The van der Waals surface area contributed by atoms with Crippen molar-refractivity contribution in [3.63, 3.8) is 0 Å². The Hall–Kier alpha value is -0.990. The molecule has 0 fully saturated rings. The van der Waals surface area contributed by atoms with Crippen molar-refractivity contribution in [3.8, 4) is 5.75 Å². The monoisotopic (exact) mass is 310 g/mol. The molecule has 0 aliphatic rings. The third-order valence-corrected chi connectivity index (χ3v) is 3.34. The van der Waals surface area contributed by atoms with Gasteiger partial charge in [0.25, 0.3) is 0 Å². The fourth-order valence-electron chi connectivity index (χ4n) is 1.52. The van der Waals surface area contributed by atoms with Crippen LogP contribution in [0.5, 0.6) is 5.75 Å². The molecule has 0 spiro atoms. The summed E-state index contributed by atoms with van der Waals surface area (Å²) in [4.78, 5) is 0. The van der Waals surface area contributed by atoms with Crippen LogP contribution in [0.15, 0.2) is 46.9 Å². The number of benzene rings is 2. The van der Waals surface area contributed by atoms with Gasteiger partial charge in [0.05, 0.1) is 5.02 Å². The topological polar surface area (TPSA) is 9.23 Å². The normalized spacial score (nSPS) is 10.3. The van der Waals surface area contributed by atoms with Crippen LogP contribution >= 0.6 is 27.5 Å². The summed E-state index contributed by atoms with van der Waals surface area (Å²) in [7, 11) is 0. The molecule has 0 N–H and O–H groups in total. The quantitative estimate of drug-likeness (QED) is 0.776. The summed E-state index contributed by atoms with van der Waals surface area (Å²) in [6.45, 7) is 2.60. The van der Waals surface area contributed by atoms with Gasteiger partial charge in [-0.25, -0.2) is 0 Å². The Morgan fingerprint density at radius 2 is 1.94 bits per heavy atom. The van der Waals surface area contributed by atoms with Crippen molar-refractivity contribution in [2.45, 2.75) is 13.5 Å². The van der Waals surface area contributed by atoms with Gasteiger partial charge < -0.3 is 4.74 Å². The van der Waals surface area contributed by atoms with Crippen LogP contribution in [-0.2, 0) is 6.61 Å². The van der Waals surface area contributed by atoms with Gasteiger partial charge in [-0.2, -0.15) is 0 Å². The number of hydrogen-bond acceptors (Lipinski definition) is 1. The minimum Gasteiger partial charge on any atom is -0.487 e. The van der Waals surface area contributed by atoms with Gasteiger partial charge in [0, 0.05) is 4.47 Å². The zero-order chi connectivity index (χ0) is 12.3. The molecule has 0 atom stereocenters. The predicted molar refractivity (Wildman–Crippen MR) is 74.7 cm³/mol. The summed E-state index contributed by atoms with van der Waals surface area (Å²) >= 11 is 9.45. The highest BCUT2D eigenvalue weighted by Crippen LogP contribution is 2.28. The molecule has 2 aromatic carbocycles. The lowest BCUT2D eigenvalue weighted by atomic mass is 10.1. The molecule has 0 saturated carbocycles. The maximum Gasteiger partial charge on any atom is 0.139 e. The summed E-state index contributed by atoms with van der Waals surface area (Å²) in [6.07, 6.45) is 0. The molecular weight excluding hydrogens is 300 g/mol. The van der Waals surface area contributed by atoms with Crippen LogP contribution in [0.3, 0.4) is 0 Å². The van der Waals surface area contributed by atoms with E-state index in [-0.39, 0.29) is 0 Å². The van der Waals surface area contributed by atoms with Crippen LogP contribution in [0.25, 0.3) is 0 Å². The first-order chi connectivity index (χ1) is 8.16. The van der Waals surface area contributed by atoms with Crippen LogP contribution in [0, 0.1) is 6.92 Å². The third kappa shape index (κ3) is 3.24. The lowest BCUT2D eigenvalue weighted by molar-refractivity contribution is 0.305. The lowest BCUT2D eigenvalue weighted by Gasteiger charge is -2.10. The van der Waals surface area contributed by atoms with Crippen LogP contribution in [-0.4, -0.2) is 0 Å². The van der Waals surface area contributed by atoms with Crippen molar-refractivity contribution >= 4 is 27.5 Å². The average molecular weight is 312 g/mol. The van der Waals surface area contributed by atoms with E-state index in [1.807, 2.05) is 30.3 Å². The summed E-state index contributed by atoms with van der Waals surface area (Å²) < 4.78 is 6.68. The SMILES string of the molecule is Cc1ccccc1COc1cc(Br)ccc1Cl. The smallest absolute Gasteiger partial charge is 0.139 e. The first-order valence-electron chi connectivity index (χ1n) is 5.29. The largest absolute Gasteiger partial charge is 0.487 e. The minimum atomic E-state index is 0.531. The molecule has 0 aromatic heterocycles. The van der Waals surface area contributed by atoms with E-state index >= 15 is 0 Å². The molecule has 0 aliphatic carbocycles. The van der Waals surface area contributed by atoms with E-state index in [2.05, 4.69) is 35.0 Å². The van der Waals surface area contributed by atoms with Crippen LogP contribution in [0.2, 0.25) is 5.02 Å². The molecule has 3 heteroatoms. The van der Waals surface area contributed by atoms with Crippen LogP contribution in [0.4, 0.5) is 0 Å². The van der Waals surface area contributed by atoms with Gasteiger partial charge in [0.15, 0.2) is 0 Å². The van der Waals surface area contributed by atoms with Gasteiger partial charge in [-0.05, 0) is 36.2 Å². The highest BCUT2D eigenvalue weighted by molar-refractivity contribution is 9.10. The molecule has 2 aromatic rings. The first-order valence-corrected chi connectivity index (χ1v) is 6.46. The minimum absolute atomic E-state index is 0.531. The summed E-state index contributed by atoms with van der Waals surface area (Å²) in [5.41, 5.74) is 2.39. The van der Waals surface area contributed by atoms with E-state index < -0.39 is 0 Å². The van der Waals surface area contributed by atoms with Gasteiger partial charge in [-0.3, -0.25) is 0 Å². The van der Waals surface area contributed by atoms with Crippen LogP contribution < -0.4 is 4.74 Å². The number of ether oxygens (including phenoxy) is 1. The van der Waals surface area contributed by atoms with Gasteiger partial charge in [0.1, 0.15) is 12.4 Å². The zero-order valence-corrected chi connectivity index (χ0v) is 11.8. The summed E-state index contributed by atoms with van der Waals surface area (Å²) in [6, 6.07) is 13.7. The molecule has 0 amide bonds.